The molecule has 0 saturated carbocycles. The Kier molecular flexibility index (Phi) is 9.79. The van der Waals surface area contributed by atoms with Gasteiger partial charge >= 0.3 is 11.9 Å². The van der Waals surface area contributed by atoms with Crippen LogP contribution in [0.4, 0.5) is 0 Å². The molecule has 0 spiro atoms. The van der Waals surface area contributed by atoms with Crippen LogP contribution in [0.5, 0.6) is 0 Å². The normalized spacial score (nSPS) is 20.5. The monoisotopic (exact) mass is 584 g/mol. The van der Waals surface area contributed by atoms with Crippen molar-refractivity contribution in [1.82, 2.24) is 9.88 Å². The van der Waals surface area contributed by atoms with Crippen molar-refractivity contribution in [1.29, 1.82) is 0 Å². The van der Waals surface area contributed by atoms with Crippen molar-refractivity contribution in [3.63, 3.8) is 0 Å². The number of aromatic nitrogens is 1. The first-order valence-electron chi connectivity index (χ1n) is 12.9. The molecular formula is C30H30Cl2N2O6. The Hall–Kier alpha value is -3.46. The highest BCUT2D eigenvalue weighted by Crippen LogP contribution is 2.46. The molecule has 0 radical (unpaired) electrons. The van der Waals surface area contributed by atoms with Gasteiger partial charge in [-0.2, -0.15) is 0 Å². The Morgan fingerprint density at radius 2 is 1.55 bits per heavy atom. The van der Waals surface area contributed by atoms with Crippen molar-refractivity contribution in [2.45, 2.75) is 57.1 Å². The van der Waals surface area contributed by atoms with Crippen LogP contribution in [-0.2, 0) is 28.6 Å². The number of methoxy groups -OCH3 is 1. The van der Waals surface area contributed by atoms with Crippen LogP contribution in [0.2, 0.25) is 10.0 Å². The van der Waals surface area contributed by atoms with Crippen LogP contribution in [-0.4, -0.2) is 47.0 Å². The van der Waals surface area contributed by atoms with Crippen molar-refractivity contribution >= 4 is 41.0 Å². The third-order valence-corrected chi connectivity index (χ3v) is 7.27. The summed E-state index contributed by atoms with van der Waals surface area (Å²) in [5.74, 6) is -1.67. The standard InChI is InChI=1S/C30H30Cl2N2O6/c1-4-5-24(30(37)38-3)34-25(19-6-10-22(31)11-7-19)26(20-8-12-23(32)13-9-20)40-28(29(34)36)27(39-18(2)35)21-14-16-33-17-15-21/h6-17,24-28H,4-5H2,1-3H3/t24?,25-,26+,27?,28+/m0/s1. The zero-order valence-electron chi connectivity index (χ0n) is 22.3. The summed E-state index contributed by atoms with van der Waals surface area (Å²) in [5, 5.41) is 1.05. The molecular weight excluding hydrogens is 555 g/mol. The number of carbonyl (C=O) groups excluding carboxylic acids is 3. The van der Waals surface area contributed by atoms with Crippen LogP contribution >= 0.6 is 23.2 Å². The lowest BCUT2D eigenvalue weighted by Gasteiger charge is -2.48. The Morgan fingerprint density at radius 3 is 2.08 bits per heavy atom. The van der Waals surface area contributed by atoms with Gasteiger partial charge < -0.3 is 19.1 Å². The van der Waals surface area contributed by atoms with Gasteiger partial charge in [-0.1, -0.05) is 60.8 Å². The molecule has 0 aliphatic carbocycles. The van der Waals surface area contributed by atoms with Crippen molar-refractivity contribution < 1.29 is 28.6 Å². The number of pyridine rings is 1. The third-order valence-electron chi connectivity index (χ3n) is 6.76. The number of benzene rings is 2. The van der Waals surface area contributed by atoms with Gasteiger partial charge in [-0.15, -0.1) is 0 Å². The topological polar surface area (TPSA) is 95.0 Å². The van der Waals surface area contributed by atoms with Gasteiger partial charge in [-0.25, -0.2) is 4.79 Å². The number of amides is 1. The number of morpholine rings is 1. The van der Waals surface area contributed by atoms with E-state index in [0.29, 0.717) is 39.6 Å². The second kappa shape index (κ2) is 13.3. The molecule has 0 N–H and O–H groups in total. The van der Waals surface area contributed by atoms with Crippen molar-refractivity contribution in [3.05, 3.63) is 99.8 Å². The summed E-state index contributed by atoms with van der Waals surface area (Å²) in [6.07, 6.45) is 0.875. The smallest absolute Gasteiger partial charge is 0.328 e. The molecule has 1 amide bonds. The number of hydrogen-bond acceptors (Lipinski definition) is 7. The maximum Gasteiger partial charge on any atom is 0.328 e. The fraction of sp³-hybridized carbons (Fsp3) is 0.333. The summed E-state index contributed by atoms with van der Waals surface area (Å²) < 4.78 is 17.4. The SMILES string of the molecule is CCCC(C(=O)OC)N1C(=O)[C@@H](C(OC(C)=O)c2ccncc2)O[C@H](c2ccc(Cl)cc2)[C@@H]1c1ccc(Cl)cc1. The first-order chi connectivity index (χ1) is 19.2. The minimum atomic E-state index is -1.28. The first kappa shape index (κ1) is 29.5. The molecule has 1 aliphatic heterocycles. The molecule has 10 heteroatoms. The summed E-state index contributed by atoms with van der Waals surface area (Å²) in [7, 11) is 1.29. The molecule has 8 nitrogen and oxygen atoms in total. The molecule has 1 saturated heterocycles. The van der Waals surface area contributed by atoms with Gasteiger partial charge in [0.2, 0.25) is 0 Å². The van der Waals surface area contributed by atoms with E-state index in [1.807, 2.05) is 6.92 Å². The van der Waals surface area contributed by atoms with E-state index in [0.717, 1.165) is 0 Å². The number of esters is 2. The van der Waals surface area contributed by atoms with E-state index in [1.165, 1.54) is 18.9 Å². The Bertz CT molecular complexity index is 1320. The average molecular weight is 585 g/mol. The number of rotatable bonds is 9. The predicted octanol–water partition coefficient (Wildman–Crippen LogP) is 6.04. The number of halogens is 2. The van der Waals surface area contributed by atoms with Crippen molar-refractivity contribution in [2.24, 2.45) is 0 Å². The lowest BCUT2D eigenvalue weighted by Crippen LogP contribution is -2.58. The number of ether oxygens (including phenoxy) is 3. The minimum Gasteiger partial charge on any atom is -0.467 e. The third kappa shape index (κ3) is 6.46. The first-order valence-corrected chi connectivity index (χ1v) is 13.6. The molecule has 0 bridgehead atoms. The van der Waals surface area contributed by atoms with Crippen LogP contribution < -0.4 is 0 Å². The molecule has 3 aromatic rings. The Labute approximate surface area is 243 Å². The van der Waals surface area contributed by atoms with E-state index in [4.69, 9.17) is 37.4 Å². The maximum atomic E-state index is 14.5. The fourth-order valence-electron chi connectivity index (χ4n) is 4.99. The number of carbonyl (C=O) groups is 3. The summed E-state index contributed by atoms with van der Waals surface area (Å²) in [5.41, 5.74) is 1.94. The lowest BCUT2D eigenvalue weighted by molar-refractivity contribution is -0.203. The zero-order chi connectivity index (χ0) is 28.8. The van der Waals surface area contributed by atoms with E-state index in [2.05, 4.69) is 4.98 Å². The molecule has 2 unspecified atom stereocenters. The van der Waals surface area contributed by atoms with Crippen LogP contribution in [0.15, 0.2) is 73.1 Å². The van der Waals surface area contributed by atoms with Gasteiger partial charge in [-0.3, -0.25) is 14.6 Å². The summed E-state index contributed by atoms with van der Waals surface area (Å²) in [6.45, 7) is 3.19. The number of hydrogen-bond donors (Lipinski definition) is 0. The molecule has 1 aliphatic rings. The van der Waals surface area contributed by atoms with E-state index in [9.17, 15) is 14.4 Å². The molecule has 4 rings (SSSR count). The van der Waals surface area contributed by atoms with E-state index >= 15 is 0 Å². The molecule has 2 aromatic carbocycles. The minimum absolute atomic E-state index is 0.343. The highest BCUT2D eigenvalue weighted by atomic mass is 35.5. The number of nitrogens with zero attached hydrogens (tertiary/aromatic N) is 2. The molecule has 1 aromatic heterocycles. The van der Waals surface area contributed by atoms with E-state index in [1.54, 1.807) is 73.1 Å². The second-order valence-electron chi connectivity index (χ2n) is 9.41. The van der Waals surface area contributed by atoms with Crippen LogP contribution in [0, 0.1) is 0 Å². The molecule has 2 heterocycles. The lowest BCUT2D eigenvalue weighted by atomic mass is 9.88. The fourth-order valence-corrected chi connectivity index (χ4v) is 5.25. The van der Waals surface area contributed by atoms with Crippen molar-refractivity contribution in [2.75, 3.05) is 7.11 Å². The molecule has 1 fully saturated rings. The van der Waals surface area contributed by atoms with Crippen LogP contribution in [0.3, 0.4) is 0 Å². The van der Waals surface area contributed by atoms with Crippen LogP contribution in [0.1, 0.15) is 61.6 Å². The highest BCUT2D eigenvalue weighted by molar-refractivity contribution is 6.30. The summed E-state index contributed by atoms with van der Waals surface area (Å²) in [6, 6.07) is 15.7. The molecule has 210 valence electrons. The van der Waals surface area contributed by atoms with Gasteiger partial charge in [0.05, 0.1) is 13.2 Å². The van der Waals surface area contributed by atoms with Crippen LogP contribution in [0.25, 0.3) is 0 Å². The van der Waals surface area contributed by atoms with E-state index in [-0.39, 0.29) is 0 Å². The molecule has 40 heavy (non-hydrogen) atoms. The largest absolute Gasteiger partial charge is 0.467 e. The van der Waals surface area contributed by atoms with Gasteiger partial charge in [-0.05, 0) is 59.5 Å². The van der Waals surface area contributed by atoms with Gasteiger partial charge in [0, 0.05) is 29.4 Å². The molecule has 5 atom stereocenters. The summed E-state index contributed by atoms with van der Waals surface area (Å²) >= 11 is 12.4. The zero-order valence-corrected chi connectivity index (χ0v) is 23.8. The second-order valence-corrected chi connectivity index (χ2v) is 10.3. The Balaban J connectivity index is 1.94. The van der Waals surface area contributed by atoms with E-state index < -0.39 is 48.2 Å². The maximum absolute atomic E-state index is 14.5. The predicted molar refractivity (Wildman–Crippen MR) is 150 cm³/mol. The van der Waals surface area contributed by atoms with Gasteiger partial charge in [0.25, 0.3) is 5.91 Å². The average Bonchev–Trinajstić information content (AvgIpc) is 2.96. The highest BCUT2D eigenvalue weighted by Gasteiger charge is 2.51. The van der Waals surface area contributed by atoms with Gasteiger partial charge in [0.1, 0.15) is 12.1 Å². The van der Waals surface area contributed by atoms with Gasteiger partial charge in [0.15, 0.2) is 12.2 Å². The summed E-state index contributed by atoms with van der Waals surface area (Å²) in [4.78, 5) is 45.5. The quantitative estimate of drug-likeness (QED) is 0.283. The Morgan fingerprint density at radius 1 is 0.975 bits per heavy atom. The van der Waals surface area contributed by atoms with Crippen molar-refractivity contribution in [3.8, 4) is 0 Å².